The summed E-state index contributed by atoms with van der Waals surface area (Å²) in [6.07, 6.45) is 0. The van der Waals surface area contributed by atoms with E-state index in [9.17, 15) is 0 Å². The van der Waals surface area contributed by atoms with Crippen molar-refractivity contribution in [2.45, 2.75) is 19.2 Å². The zero-order valence-corrected chi connectivity index (χ0v) is 11.7. The number of ether oxygens (including phenoxy) is 1. The topological polar surface area (TPSA) is 35.3 Å². The molecular weight excluding hydrogens is 282 g/mol. The molecule has 1 heterocycles. The third-order valence-electron chi connectivity index (χ3n) is 2.78. The van der Waals surface area contributed by atoms with Crippen LogP contribution in [0.2, 0.25) is 0 Å². The summed E-state index contributed by atoms with van der Waals surface area (Å²) in [6, 6.07) is 6.00. The average Bonchev–Trinajstić information content (AvgIpc) is 2.80. The van der Waals surface area contributed by atoms with Gasteiger partial charge in [0.15, 0.2) is 5.76 Å². The van der Waals surface area contributed by atoms with E-state index in [0.29, 0.717) is 5.33 Å². The van der Waals surface area contributed by atoms with Crippen molar-refractivity contribution < 1.29 is 9.26 Å². The predicted molar refractivity (Wildman–Crippen MR) is 70.6 cm³/mol. The summed E-state index contributed by atoms with van der Waals surface area (Å²) in [5.74, 6) is 1.55. The maximum Gasteiger partial charge on any atom is 0.170 e. The van der Waals surface area contributed by atoms with Gasteiger partial charge in [-0.15, -0.1) is 0 Å². The molecule has 17 heavy (non-hydrogen) atoms. The van der Waals surface area contributed by atoms with Crippen LogP contribution in [-0.2, 0) is 5.33 Å². The van der Waals surface area contributed by atoms with Crippen molar-refractivity contribution in [2.24, 2.45) is 0 Å². The molecule has 0 amide bonds. The smallest absolute Gasteiger partial charge is 0.170 e. The molecule has 0 aliphatic carbocycles. The molecule has 2 aromatic rings. The van der Waals surface area contributed by atoms with Crippen molar-refractivity contribution >= 4 is 15.9 Å². The summed E-state index contributed by atoms with van der Waals surface area (Å²) in [5.41, 5.74) is 4.22. The van der Waals surface area contributed by atoms with Crippen LogP contribution in [0, 0.1) is 13.8 Å². The number of benzene rings is 1. The normalized spacial score (nSPS) is 10.6. The second-order valence-corrected chi connectivity index (χ2v) is 4.51. The van der Waals surface area contributed by atoms with E-state index >= 15 is 0 Å². The first kappa shape index (κ1) is 12.2. The van der Waals surface area contributed by atoms with Gasteiger partial charge in [-0.2, -0.15) is 0 Å². The number of aryl methyl sites for hydroxylation is 2. The Morgan fingerprint density at radius 3 is 2.53 bits per heavy atom. The zero-order valence-electron chi connectivity index (χ0n) is 10.1. The van der Waals surface area contributed by atoms with Crippen molar-refractivity contribution in [2.75, 3.05) is 7.11 Å². The fourth-order valence-electron chi connectivity index (χ4n) is 1.65. The molecule has 1 aromatic heterocycles. The van der Waals surface area contributed by atoms with E-state index in [0.717, 1.165) is 22.8 Å². The minimum absolute atomic E-state index is 0.684. The molecule has 90 valence electrons. The fraction of sp³-hybridized carbons (Fsp3) is 0.308. The van der Waals surface area contributed by atoms with Crippen molar-refractivity contribution in [1.29, 1.82) is 0 Å². The van der Waals surface area contributed by atoms with Gasteiger partial charge < -0.3 is 9.26 Å². The summed E-state index contributed by atoms with van der Waals surface area (Å²) in [6.45, 7) is 4.13. The van der Waals surface area contributed by atoms with Gasteiger partial charge in [-0.25, -0.2) is 0 Å². The van der Waals surface area contributed by atoms with Crippen LogP contribution in [0.15, 0.2) is 22.7 Å². The Kier molecular flexibility index (Phi) is 3.52. The molecule has 0 atom stereocenters. The van der Waals surface area contributed by atoms with E-state index in [1.165, 1.54) is 11.1 Å². The van der Waals surface area contributed by atoms with Gasteiger partial charge in [0.05, 0.1) is 18.4 Å². The van der Waals surface area contributed by atoms with Crippen LogP contribution in [0.1, 0.15) is 16.8 Å². The second kappa shape index (κ2) is 4.92. The molecule has 0 saturated carbocycles. The maximum atomic E-state index is 5.38. The molecule has 0 aliphatic heterocycles. The molecule has 0 unspecified atom stereocenters. The largest absolute Gasteiger partial charge is 0.496 e. The van der Waals surface area contributed by atoms with Gasteiger partial charge in [-0.05, 0) is 37.1 Å². The number of methoxy groups -OCH3 is 1. The number of hydrogen-bond donors (Lipinski definition) is 0. The summed E-state index contributed by atoms with van der Waals surface area (Å²) < 4.78 is 10.7. The van der Waals surface area contributed by atoms with Crippen LogP contribution in [-0.4, -0.2) is 12.3 Å². The first-order valence-electron chi connectivity index (χ1n) is 5.33. The number of aromatic nitrogens is 1. The van der Waals surface area contributed by atoms with Crippen LogP contribution in [0.5, 0.6) is 5.75 Å². The number of hydrogen-bond acceptors (Lipinski definition) is 3. The first-order chi connectivity index (χ1) is 8.15. The molecule has 0 bridgehead atoms. The van der Waals surface area contributed by atoms with Gasteiger partial charge in [0.25, 0.3) is 0 Å². The Labute approximate surface area is 109 Å². The maximum absolute atomic E-state index is 5.38. The lowest BCUT2D eigenvalue weighted by Gasteiger charge is -2.09. The Morgan fingerprint density at radius 1 is 1.24 bits per heavy atom. The summed E-state index contributed by atoms with van der Waals surface area (Å²) in [5, 5.41) is 4.65. The second-order valence-electron chi connectivity index (χ2n) is 3.95. The van der Waals surface area contributed by atoms with E-state index in [4.69, 9.17) is 9.26 Å². The molecule has 0 saturated heterocycles. The highest BCUT2D eigenvalue weighted by Gasteiger charge is 2.13. The van der Waals surface area contributed by atoms with Gasteiger partial charge in [0, 0.05) is 11.4 Å². The molecule has 0 spiro atoms. The first-order valence-corrected chi connectivity index (χ1v) is 6.45. The van der Waals surface area contributed by atoms with Crippen molar-refractivity contribution in [3.05, 3.63) is 35.0 Å². The van der Waals surface area contributed by atoms with Crippen LogP contribution >= 0.6 is 15.9 Å². The van der Waals surface area contributed by atoms with Crippen molar-refractivity contribution in [3.8, 4) is 17.1 Å². The zero-order chi connectivity index (χ0) is 12.4. The van der Waals surface area contributed by atoms with E-state index in [-0.39, 0.29) is 0 Å². The third-order valence-corrected chi connectivity index (χ3v) is 3.35. The minimum Gasteiger partial charge on any atom is -0.496 e. The highest BCUT2D eigenvalue weighted by Crippen LogP contribution is 2.33. The minimum atomic E-state index is 0.684. The van der Waals surface area contributed by atoms with Gasteiger partial charge >= 0.3 is 0 Å². The number of nitrogens with zero attached hydrogens (tertiary/aromatic N) is 1. The Bertz CT molecular complexity index is 534. The standard InChI is InChI=1S/C13H14BrNO2/c1-8-4-11(12(16-3)5-9(8)2)13-6-10(7-14)15-17-13/h4-6H,7H2,1-3H3. The molecule has 3 nitrogen and oxygen atoms in total. The lowest BCUT2D eigenvalue weighted by Crippen LogP contribution is -1.90. The van der Waals surface area contributed by atoms with E-state index in [2.05, 4.69) is 41.0 Å². The molecule has 1 aromatic carbocycles. The van der Waals surface area contributed by atoms with Crippen LogP contribution in [0.3, 0.4) is 0 Å². The van der Waals surface area contributed by atoms with Crippen LogP contribution in [0.25, 0.3) is 11.3 Å². The molecule has 4 heteroatoms. The van der Waals surface area contributed by atoms with E-state index in [1.54, 1.807) is 7.11 Å². The van der Waals surface area contributed by atoms with Crippen LogP contribution in [0.4, 0.5) is 0 Å². The molecule has 0 N–H and O–H groups in total. The predicted octanol–water partition coefficient (Wildman–Crippen LogP) is 3.86. The lowest BCUT2D eigenvalue weighted by molar-refractivity contribution is 0.404. The van der Waals surface area contributed by atoms with E-state index < -0.39 is 0 Å². The van der Waals surface area contributed by atoms with Gasteiger partial charge in [-0.1, -0.05) is 21.1 Å². The summed E-state index contributed by atoms with van der Waals surface area (Å²) in [7, 11) is 1.66. The molecule has 0 fully saturated rings. The molecule has 2 rings (SSSR count). The number of alkyl halides is 1. The molecule has 0 aliphatic rings. The highest BCUT2D eigenvalue weighted by atomic mass is 79.9. The number of rotatable bonds is 3. The quantitative estimate of drug-likeness (QED) is 0.807. The Morgan fingerprint density at radius 2 is 1.94 bits per heavy atom. The van der Waals surface area contributed by atoms with E-state index in [1.807, 2.05) is 12.1 Å². The monoisotopic (exact) mass is 295 g/mol. The number of halogens is 1. The SMILES string of the molecule is COc1cc(C)c(C)cc1-c1cc(CBr)no1. The van der Waals surface area contributed by atoms with Gasteiger partial charge in [0.2, 0.25) is 0 Å². The highest BCUT2D eigenvalue weighted by molar-refractivity contribution is 9.08. The Hall–Kier alpha value is -1.29. The molecular formula is C13H14BrNO2. The fourth-order valence-corrected chi connectivity index (χ4v) is 1.92. The average molecular weight is 296 g/mol. The Balaban J connectivity index is 2.53. The molecule has 0 radical (unpaired) electrons. The van der Waals surface area contributed by atoms with Gasteiger partial charge in [-0.3, -0.25) is 0 Å². The van der Waals surface area contributed by atoms with Gasteiger partial charge in [0.1, 0.15) is 5.75 Å². The van der Waals surface area contributed by atoms with Crippen molar-refractivity contribution in [1.82, 2.24) is 5.16 Å². The summed E-state index contributed by atoms with van der Waals surface area (Å²) >= 11 is 3.35. The third kappa shape index (κ3) is 2.36. The lowest BCUT2D eigenvalue weighted by atomic mass is 10.0. The van der Waals surface area contributed by atoms with Crippen molar-refractivity contribution in [3.63, 3.8) is 0 Å². The summed E-state index contributed by atoms with van der Waals surface area (Å²) in [4.78, 5) is 0. The van der Waals surface area contributed by atoms with Crippen LogP contribution < -0.4 is 4.74 Å².